The fourth-order valence-corrected chi connectivity index (χ4v) is 2.66. The highest BCUT2D eigenvalue weighted by Gasteiger charge is 2.09. The van der Waals surface area contributed by atoms with Crippen LogP contribution in [0.4, 0.5) is 28.7 Å². The fourth-order valence-electron chi connectivity index (χ4n) is 2.13. The van der Waals surface area contributed by atoms with Crippen molar-refractivity contribution in [3.63, 3.8) is 0 Å². The van der Waals surface area contributed by atoms with Gasteiger partial charge < -0.3 is 16.4 Å². The number of aryl methyl sites for hydroxylation is 1. The van der Waals surface area contributed by atoms with Crippen LogP contribution >= 0.6 is 23.2 Å². The van der Waals surface area contributed by atoms with E-state index >= 15 is 0 Å². The Hall–Kier alpha value is -2.50. The maximum atomic E-state index is 6.17. The molecule has 5 nitrogen and oxygen atoms in total. The van der Waals surface area contributed by atoms with Gasteiger partial charge in [-0.2, -0.15) is 0 Å². The van der Waals surface area contributed by atoms with E-state index in [1.54, 1.807) is 18.2 Å². The highest BCUT2D eigenvalue weighted by molar-refractivity contribution is 6.35. The zero-order valence-electron chi connectivity index (χ0n) is 12.8. The van der Waals surface area contributed by atoms with Crippen molar-refractivity contribution in [1.29, 1.82) is 0 Å². The molecule has 0 radical (unpaired) electrons. The topological polar surface area (TPSA) is 75.9 Å². The second-order valence-corrected chi connectivity index (χ2v) is 6.13. The molecule has 0 spiro atoms. The number of hydrogen-bond donors (Lipinski definition) is 3. The molecule has 0 saturated heterocycles. The molecule has 0 aliphatic heterocycles. The van der Waals surface area contributed by atoms with Crippen LogP contribution in [-0.2, 0) is 0 Å². The number of benzene rings is 2. The lowest BCUT2D eigenvalue weighted by Gasteiger charge is -2.13. The molecule has 3 aromatic rings. The molecule has 0 fully saturated rings. The first-order chi connectivity index (χ1) is 11.5. The first kappa shape index (κ1) is 16.4. The zero-order valence-corrected chi connectivity index (χ0v) is 14.4. The minimum atomic E-state index is 0.397. The van der Waals surface area contributed by atoms with Crippen molar-refractivity contribution < 1.29 is 0 Å². The Labute approximate surface area is 149 Å². The largest absolute Gasteiger partial charge is 0.393 e. The van der Waals surface area contributed by atoms with Gasteiger partial charge in [-0.25, -0.2) is 9.97 Å². The van der Waals surface area contributed by atoms with Gasteiger partial charge in [-0.05, 0) is 37.3 Å². The smallest absolute Gasteiger partial charge is 0.159 e. The lowest BCUT2D eigenvalue weighted by atomic mass is 10.2. The highest BCUT2D eigenvalue weighted by Crippen LogP contribution is 2.30. The zero-order chi connectivity index (χ0) is 17.1. The van der Waals surface area contributed by atoms with Crippen LogP contribution in [0, 0.1) is 6.92 Å². The number of nitrogens with two attached hydrogens (primary N) is 1. The van der Waals surface area contributed by atoms with Crippen LogP contribution in [0.5, 0.6) is 0 Å². The predicted octanol–water partition coefficient (Wildman–Crippen LogP) is 5.16. The second kappa shape index (κ2) is 6.95. The van der Waals surface area contributed by atoms with E-state index in [0.29, 0.717) is 33.1 Å². The molecule has 0 aliphatic rings. The minimum Gasteiger partial charge on any atom is -0.393 e. The van der Waals surface area contributed by atoms with E-state index in [1.807, 2.05) is 31.2 Å². The summed E-state index contributed by atoms with van der Waals surface area (Å²) in [5.41, 5.74) is 9.33. The first-order valence-electron chi connectivity index (χ1n) is 7.18. The standard InChI is InChI=1S/C17H15Cl2N5/c1-10-2-4-13(5-3-10)23-16-15(20)17(22-9-21-16)24-14-7-11(18)6-12(19)8-14/h2-9H,20H2,1H3,(H2,21,22,23,24). The van der Waals surface area contributed by atoms with E-state index in [4.69, 9.17) is 28.9 Å². The van der Waals surface area contributed by atoms with E-state index in [1.165, 1.54) is 11.9 Å². The summed E-state index contributed by atoms with van der Waals surface area (Å²) in [5, 5.41) is 7.33. The Balaban J connectivity index is 1.86. The Morgan fingerprint density at radius 1 is 0.833 bits per heavy atom. The van der Waals surface area contributed by atoms with Crippen LogP contribution in [0.25, 0.3) is 0 Å². The molecule has 4 N–H and O–H groups in total. The van der Waals surface area contributed by atoms with Crippen LogP contribution in [0.2, 0.25) is 10.0 Å². The third-order valence-corrected chi connectivity index (χ3v) is 3.76. The molecule has 0 saturated carbocycles. The van der Waals surface area contributed by atoms with Crippen molar-refractivity contribution in [2.75, 3.05) is 16.4 Å². The Kier molecular flexibility index (Phi) is 4.74. The summed E-state index contributed by atoms with van der Waals surface area (Å²) in [4.78, 5) is 8.37. The molecule has 1 heterocycles. The number of nitrogens with zero attached hydrogens (tertiary/aromatic N) is 2. The molecule has 0 amide bonds. The molecular weight excluding hydrogens is 345 g/mol. The molecule has 0 bridgehead atoms. The van der Waals surface area contributed by atoms with E-state index < -0.39 is 0 Å². The van der Waals surface area contributed by atoms with E-state index in [2.05, 4.69) is 20.6 Å². The number of halogens is 2. The lowest BCUT2D eigenvalue weighted by Crippen LogP contribution is -2.05. The average Bonchev–Trinajstić information content (AvgIpc) is 2.52. The summed E-state index contributed by atoms with van der Waals surface area (Å²) in [6, 6.07) is 13.1. The summed E-state index contributed by atoms with van der Waals surface area (Å²) in [7, 11) is 0. The third-order valence-electron chi connectivity index (χ3n) is 3.32. The summed E-state index contributed by atoms with van der Waals surface area (Å²) in [5.74, 6) is 0.988. The van der Waals surface area contributed by atoms with Gasteiger partial charge in [-0.1, -0.05) is 40.9 Å². The predicted molar refractivity (Wildman–Crippen MR) is 101 cm³/mol. The van der Waals surface area contributed by atoms with E-state index in [-0.39, 0.29) is 0 Å². The van der Waals surface area contributed by atoms with E-state index in [9.17, 15) is 0 Å². The van der Waals surface area contributed by atoms with Crippen molar-refractivity contribution in [3.05, 3.63) is 64.4 Å². The van der Waals surface area contributed by atoms with Crippen molar-refractivity contribution in [2.24, 2.45) is 0 Å². The summed E-state index contributed by atoms with van der Waals surface area (Å²) >= 11 is 12.0. The van der Waals surface area contributed by atoms with Gasteiger partial charge in [0.25, 0.3) is 0 Å². The summed E-state index contributed by atoms with van der Waals surface area (Å²) in [6.07, 6.45) is 1.43. The van der Waals surface area contributed by atoms with Crippen molar-refractivity contribution in [1.82, 2.24) is 9.97 Å². The van der Waals surface area contributed by atoms with Gasteiger partial charge in [0, 0.05) is 21.4 Å². The normalized spacial score (nSPS) is 10.5. The van der Waals surface area contributed by atoms with Crippen LogP contribution < -0.4 is 16.4 Å². The Morgan fingerprint density at radius 3 is 1.96 bits per heavy atom. The van der Waals surface area contributed by atoms with Crippen molar-refractivity contribution in [3.8, 4) is 0 Å². The summed E-state index contributed by atoms with van der Waals surface area (Å²) in [6.45, 7) is 2.03. The molecule has 1 aromatic heterocycles. The molecule has 0 atom stereocenters. The first-order valence-corrected chi connectivity index (χ1v) is 7.94. The molecule has 122 valence electrons. The number of anilines is 5. The molecule has 7 heteroatoms. The Bertz CT molecular complexity index is 845. The second-order valence-electron chi connectivity index (χ2n) is 5.26. The minimum absolute atomic E-state index is 0.397. The molecule has 0 unspecified atom stereocenters. The number of nitrogen functional groups attached to an aromatic ring is 1. The third kappa shape index (κ3) is 3.88. The Morgan fingerprint density at radius 2 is 1.38 bits per heavy atom. The monoisotopic (exact) mass is 359 g/mol. The van der Waals surface area contributed by atoms with E-state index in [0.717, 1.165) is 5.69 Å². The number of rotatable bonds is 4. The van der Waals surface area contributed by atoms with Gasteiger partial charge in [0.05, 0.1) is 0 Å². The maximum absolute atomic E-state index is 6.17. The average molecular weight is 360 g/mol. The SMILES string of the molecule is Cc1ccc(Nc2ncnc(Nc3cc(Cl)cc(Cl)c3)c2N)cc1. The fraction of sp³-hybridized carbons (Fsp3) is 0.0588. The van der Waals surface area contributed by atoms with Crippen LogP contribution in [0.1, 0.15) is 5.56 Å². The molecule has 2 aromatic carbocycles. The molecular formula is C17H15Cl2N5. The van der Waals surface area contributed by atoms with Crippen LogP contribution in [0.15, 0.2) is 48.8 Å². The molecule has 3 rings (SSSR count). The molecule has 24 heavy (non-hydrogen) atoms. The van der Waals surface area contributed by atoms with Crippen molar-refractivity contribution >= 4 is 51.9 Å². The van der Waals surface area contributed by atoms with Gasteiger partial charge in [-0.3, -0.25) is 0 Å². The number of hydrogen-bond acceptors (Lipinski definition) is 5. The van der Waals surface area contributed by atoms with Gasteiger partial charge in [0.2, 0.25) is 0 Å². The van der Waals surface area contributed by atoms with Crippen LogP contribution in [0.3, 0.4) is 0 Å². The maximum Gasteiger partial charge on any atom is 0.159 e. The quantitative estimate of drug-likeness (QED) is 0.599. The van der Waals surface area contributed by atoms with Gasteiger partial charge in [-0.15, -0.1) is 0 Å². The van der Waals surface area contributed by atoms with Gasteiger partial charge in [0.1, 0.15) is 12.0 Å². The van der Waals surface area contributed by atoms with Gasteiger partial charge >= 0.3 is 0 Å². The highest BCUT2D eigenvalue weighted by atomic mass is 35.5. The lowest BCUT2D eigenvalue weighted by molar-refractivity contribution is 1.17. The number of nitrogens with one attached hydrogen (secondary N) is 2. The number of aromatic nitrogens is 2. The summed E-state index contributed by atoms with van der Waals surface area (Å²) < 4.78 is 0. The van der Waals surface area contributed by atoms with Gasteiger partial charge in [0.15, 0.2) is 11.6 Å². The van der Waals surface area contributed by atoms with Crippen molar-refractivity contribution in [2.45, 2.75) is 6.92 Å². The molecule has 0 aliphatic carbocycles. The van der Waals surface area contributed by atoms with Crippen LogP contribution in [-0.4, -0.2) is 9.97 Å².